The highest BCUT2D eigenvalue weighted by Crippen LogP contribution is 2.64. The van der Waals surface area contributed by atoms with Crippen molar-refractivity contribution in [2.45, 2.75) is 149 Å². The van der Waals surface area contributed by atoms with E-state index in [-0.39, 0.29) is 23.9 Å². The third kappa shape index (κ3) is 6.95. The van der Waals surface area contributed by atoms with Crippen molar-refractivity contribution in [1.29, 1.82) is 0 Å². The van der Waals surface area contributed by atoms with Crippen molar-refractivity contribution in [3.8, 4) is 0 Å². The summed E-state index contributed by atoms with van der Waals surface area (Å²) < 4.78 is 0. The van der Waals surface area contributed by atoms with Gasteiger partial charge in [0.2, 0.25) is 0 Å². The maximum atomic E-state index is 4.06. The number of allylic oxidation sites excluding steroid dienone is 3. The highest BCUT2D eigenvalue weighted by Gasteiger charge is 2.52. The molecule has 2 saturated heterocycles. The molecular formula is C33H62N2P2. The minimum Gasteiger partial charge on any atom is -0.313 e. The molecule has 0 saturated carbocycles. The van der Waals surface area contributed by atoms with E-state index < -0.39 is 0 Å². The summed E-state index contributed by atoms with van der Waals surface area (Å²) in [6, 6.07) is 1.03. The van der Waals surface area contributed by atoms with E-state index in [9.17, 15) is 0 Å². The molecule has 3 rings (SSSR count). The summed E-state index contributed by atoms with van der Waals surface area (Å²) in [4.78, 5) is 0. The molecule has 2 aliphatic heterocycles. The van der Waals surface area contributed by atoms with E-state index in [1.54, 1.807) is 16.7 Å². The van der Waals surface area contributed by atoms with E-state index in [1.165, 1.54) is 44.7 Å². The van der Waals surface area contributed by atoms with E-state index in [0.29, 0.717) is 28.3 Å². The number of rotatable bonds is 5. The number of piperidine rings is 2. The van der Waals surface area contributed by atoms with Crippen LogP contribution in [0, 0.1) is 16.7 Å². The molecule has 3 aliphatic rings. The third-order valence-corrected chi connectivity index (χ3v) is 14.2. The molecule has 0 bridgehead atoms. The maximum Gasteiger partial charge on any atom is 0.0402 e. The second kappa shape index (κ2) is 11.3. The SMILES string of the molecule is CC(C)(C)C1=CC(C(P)(C2CCCCN2)C2CCCCN2)=C(CP(C(C)(C)C)C(C)(C)C)C1C(C)(C)C. The zero-order valence-corrected chi connectivity index (χ0v) is 28.7. The Bertz CT molecular complexity index is 813. The smallest absolute Gasteiger partial charge is 0.0402 e. The van der Waals surface area contributed by atoms with Crippen LogP contribution in [0.3, 0.4) is 0 Å². The Kier molecular flexibility index (Phi) is 9.68. The fraction of sp³-hybridized carbons (Fsp3) is 0.879. The molecule has 2 fully saturated rings. The topological polar surface area (TPSA) is 24.1 Å². The quantitative estimate of drug-likeness (QED) is 0.335. The first-order valence-electron chi connectivity index (χ1n) is 15.3. The van der Waals surface area contributed by atoms with Crippen molar-refractivity contribution in [1.82, 2.24) is 10.6 Å². The lowest BCUT2D eigenvalue weighted by atomic mass is 9.67. The standard InChI is InChI=1S/C33H62N2P2/c1-29(2,3)25-21-24(33(36,26-17-13-15-19-34-26)27-18-14-16-20-35-27)23(28(25)30(4,5)6)22-37(31(7,8)9)32(10,11)12/h21,26-28,34-35H,13-20,22,36H2,1-12H3. The van der Waals surface area contributed by atoms with Crippen LogP contribution in [-0.4, -0.2) is 46.8 Å². The van der Waals surface area contributed by atoms with Crippen LogP contribution in [0.25, 0.3) is 0 Å². The van der Waals surface area contributed by atoms with Crippen molar-refractivity contribution in [2.75, 3.05) is 19.3 Å². The summed E-state index contributed by atoms with van der Waals surface area (Å²) in [5.41, 5.74) is 5.48. The molecule has 4 atom stereocenters. The number of nitrogens with one attached hydrogen (secondary N) is 2. The Morgan fingerprint density at radius 3 is 1.54 bits per heavy atom. The molecule has 0 aromatic heterocycles. The van der Waals surface area contributed by atoms with Crippen LogP contribution in [0.5, 0.6) is 0 Å². The molecule has 1 aliphatic carbocycles. The molecule has 0 spiro atoms. The van der Waals surface area contributed by atoms with E-state index in [2.05, 4.69) is 109 Å². The lowest BCUT2D eigenvalue weighted by Gasteiger charge is -2.50. The monoisotopic (exact) mass is 548 g/mol. The van der Waals surface area contributed by atoms with Gasteiger partial charge in [-0.2, -0.15) is 0 Å². The fourth-order valence-corrected chi connectivity index (χ4v) is 12.2. The molecule has 2 heterocycles. The first-order valence-corrected chi connectivity index (χ1v) is 17.4. The van der Waals surface area contributed by atoms with Crippen LogP contribution in [0.15, 0.2) is 22.8 Å². The first kappa shape index (κ1) is 31.8. The predicted octanol–water partition coefficient (Wildman–Crippen LogP) is 8.91. The molecular weight excluding hydrogens is 486 g/mol. The molecule has 0 amide bonds. The van der Waals surface area contributed by atoms with Gasteiger partial charge in [-0.15, -0.1) is 9.24 Å². The Morgan fingerprint density at radius 1 is 0.757 bits per heavy atom. The molecule has 214 valence electrons. The highest BCUT2D eigenvalue weighted by atomic mass is 31.1. The summed E-state index contributed by atoms with van der Waals surface area (Å²) in [7, 11) is 3.30. The van der Waals surface area contributed by atoms with Gasteiger partial charge < -0.3 is 10.6 Å². The minimum absolute atomic E-state index is 0.0312. The van der Waals surface area contributed by atoms with Gasteiger partial charge in [-0.25, -0.2) is 0 Å². The van der Waals surface area contributed by atoms with E-state index in [1.807, 2.05) is 0 Å². The molecule has 4 unspecified atom stereocenters. The summed E-state index contributed by atoms with van der Waals surface area (Å²) >= 11 is 0. The zero-order chi connectivity index (χ0) is 28.0. The average molecular weight is 549 g/mol. The van der Waals surface area contributed by atoms with Gasteiger partial charge in [0.15, 0.2) is 0 Å². The minimum atomic E-state index is -0.232. The van der Waals surface area contributed by atoms with Gasteiger partial charge in [0.05, 0.1) is 0 Å². The molecule has 2 nitrogen and oxygen atoms in total. The summed E-state index contributed by atoms with van der Waals surface area (Å²) in [6.45, 7) is 32.2. The van der Waals surface area contributed by atoms with Gasteiger partial charge in [-0.1, -0.05) is 121 Å². The average Bonchev–Trinajstić information content (AvgIpc) is 3.17. The van der Waals surface area contributed by atoms with E-state index in [0.717, 1.165) is 13.1 Å². The normalized spacial score (nSPS) is 28.5. The predicted molar refractivity (Wildman–Crippen MR) is 173 cm³/mol. The van der Waals surface area contributed by atoms with Crippen LogP contribution in [0.2, 0.25) is 0 Å². The van der Waals surface area contributed by atoms with Crippen LogP contribution >= 0.6 is 17.2 Å². The van der Waals surface area contributed by atoms with Gasteiger partial charge in [-0.3, -0.25) is 0 Å². The van der Waals surface area contributed by atoms with Crippen molar-refractivity contribution >= 4 is 17.2 Å². The van der Waals surface area contributed by atoms with Crippen LogP contribution < -0.4 is 10.6 Å². The van der Waals surface area contributed by atoms with Gasteiger partial charge in [0.1, 0.15) is 0 Å². The summed E-state index contributed by atoms with van der Waals surface area (Å²) in [6.07, 6.45) is 11.9. The number of hydrogen-bond donors (Lipinski definition) is 2. The lowest BCUT2D eigenvalue weighted by Crippen LogP contribution is -2.61. The second-order valence-electron chi connectivity index (χ2n) is 16.5. The van der Waals surface area contributed by atoms with Gasteiger partial charge in [-0.05, 0) is 71.6 Å². The van der Waals surface area contributed by atoms with E-state index in [4.69, 9.17) is 0 Å². The Hall–Kier alpha value is 0.260. The van der Waals surface area contributed by atoms with Crippen LogP contribution in [0.1, 0.15) is 122 Å². The van der Waals surface area contributed by atoms with Gasteiger partial charge in [0, 0.05) is 23.2 Å². The van der Waals surface area contributed by atoms with Crippen molar-refractivity contribution in [3.63, 3.8) is 0 Å². The number of hydrogen-bond acceptors (Lipinski definition) is 2. The van der Waals surface area contributed by atoms with Crippen molar-refractivity contribution in [2.24, 2.45) is 16.7 Å². The van der Waals surface area contributed by atoms with Gasteiger partial charge in [0.25, 0.3) is 0 Å². The van der Waals surface area contributed by atoms with Crippen LogP contribution in [0.4, 0.5) is 0 Å². The van der Waals surface area contributed by atoms with E-state index >= 15 is 0 Å². The molecule has 0 radical (unpaired) electrons. The lowest BCUT2D eigenvalue weighted by molar-refractivity contribution is 0.259. The van der Waals surface area contributed by atoms with Gasteiger partial charge >= 0.3 is 0 Å². The highest BCUT2D eigenvalue weighted by molar-refractivity contribution is 7.61. The van der Waals surface area contributed by atoms with Crippen LogP contribution in [-0.2, 0) is 0 Å². The largest absolute Gasteiger partial charge is 0.313 e. The maximum absolute atomic E-state index is 4.06. The second-order valence-corrected chi connectivity index (χ2v) is 21.3. The summed E-state index contributed by atoms with van der Waals surface area (Å²) in [5, 5.41) is 8.77. The molecule has 2 N–H and O–H groups in total. The Morgan fingerprint density at radius 2 is 1.22 bits per heavy atom. The zero-order valence-electron chi connectivity index (χ0n) is 26.7. The third-order valence-electron chi connectivity index (χ3n) is 9.23. The molecule has 0 aromatic carbocycles. The van der Waals surface area contributed by atoms with Crippen molar-refractivity contribution in [3.05, 3.63) is 22.8 Å². The molecule has 4 heteroatoms. The Balaban J connectivity index is 2.31. The van der Waals surface area contributed by atoms with Crippen molar-refractivity contribution < 1.29 is 0 Å². The summed E-state index contributed by atoms with van der Waals surface area (Å²) in [5.74, 6) is 0.504. The molecule has 37 heavy (non-hydrogen) atoms. The first-order chi connectivity index (χ1) is 16.8. The fourth-order valence-electron chi connectivity index (χ4n) is 7.68. The Labute approximate surface area is 235 Å². The molecule has 0 aromatic rings.